The van der Waals surface area contributed by atoms with Gasteiger partial charge in [-0.15, -0.1) is 0 Å². The van der Waals surface area contributed by atoms with Crippen molar-refractivity contribution in [1.82, 2.24) is 5.32 Å². The minimum Gasteiger partial charge on any atom is -0.492 e. The molecule has 1 heterocycles. The van der Waals surface area contributed by atoms with E-state index in [2.05, 4.69) is 5.32 Å². The molecule has 1 aromatic rings. The Bertz CT molecular complexity index is 649. The van der Waals surface area contributed by atoms with E-state index in [4.69, 9.17) is 26.8 Å². The van der Waals surface area contributed by atoms with Gasteiger partial charge in [-0.25, -0.2) is 0 Å². The third kappa shape index (κ3) is 2.59. The molecule has 2 aliphatic rings. The largest absolute Gasteiger partial charge is 0.492 e. The predicted molar refractivity (Wildman–Crippen MR) is 93.2 cm³/mol. The van der Waals surface area contributed by atoms with Gasteiger partial charge in [-0.1, -0.05) is 37.6 Å². The summed E-state index contributed by atoms with van der Waals surface area (Å²) in [5.74, 6) is 0.517. The molecule has 3 unspecified atom stereocenters. The topological polar surface area (TPSA) is 73.6 Å². The molecule has 132 valence electrons. The van der Waals surface area contributed by atoms with Crippen molar-refractivity contribution in [3.63, 3.8) is 0 Å². The minimum atomic E-state index is -0.927. The zero-order valence-corrected chi connectivity index (χ0v) is 15.2. The third-order valence-electron chi connectivity index (χ3n) is 5.57. The SMILES string of the molecule is CCOC1CC(N)(C(=O)NC2CCOc3c(Cl)cccc32)C1(C)C. The van der Waals surface area contributed by atoms with Crippen molar-refractivity contribution < 1.29 is 14.3 Å². The average molecular weight is 353 g/mol. The summed E-state index contributed by atoms with van der Waals surface area (Å²) in [6, 6.07) is 5.45. The van der Waals surface area contributed by atoms with Crippen LogP contribution >= 0.6 is 11.6 Å². The van der Waals surface area contributed by atoms with Gasteiger partial charge in [0.2, 0.25) is 5.91 Å². The number of nitrogens with two attached hydrogens (primary N) is 1. The molecule has 1 aliphatic heterocycles. The van der Waals surface area contributed by atoms with E-state index < -0.39 is 11.0 Å². The molecule has 24 heavy (non-hydrogen) atoms. The number of benzene rings is 1. The van der Waals surface area contributed by atoms with Crippen molar-refractivity contribution in [2.24, 2.45) is 11.1 Å². The zero-order valence-electron chi connectivity index (χ0n) is 14.4. The van der Waals surface area contributed by atoms with E-state index in [1.807, 2.05) is 32.9 Å². The normalized spacial score (nSPS) is 30.7. The number of para-hydroxylation sites is 1. The molecule has 0 aromatic heterocycles. The molecule has 1 aromatic carbocycles. The van der Waals surface area contributed by atoms with Crippen LogP contribution in [-0.2, 0) is 9.53 Å². The van der Waals surface area contributed by atoms with Crippen LogP contribution in [0.5, 0.6) is 5.75 Å². The van der Waals surface area contributed by atoms with Crippen molar-refractivity contribution in [2.75, 3.05) is 13.2 Å². The number of halogens is 1. The first-order valence-corrected chi connectivity index (χ1v) is 8.81. The fraction of sp³-hybridized carbons (Fsp3) is 0.611. The molecular weight excluding hydrogens is 328 g/mol. The number of rotatable bonds is 4. The van der Waals surface area contributed by atoms with Gasteiger partial charge in [0, 0.05) is 30.4 Å². The predicted octanol–water partition coefficient (Wildman–Crippen LogP) is 2.81. The Morgan fingerprint density at radius 1 is 1.50 bits per heavy atom. The Morgan fingerprint density at radius 2 is 2.25 bits per heavy atom. The van der Waals surface area contributed by atoms with E-state index in [0.717, 1.165) is 5.56 Å². The highest BCUT2D eigenvalue weighted by atomic mass is 35.5. The van der Waals surface area contributed by atoms with Gasteiger partial charge in [0.25, 0.3) is 0 Å². The van der Waals surface area contributed by atoms with E-state index in [1.54, 1.807) is 6.07 Å². The molecule has 0 saturated heterocycles. The van der Waals surface area contributed by atoms with Crippen LogP contribution < -0.4 is 15.8 Å². The van der Waals surface area contributed by atoms with Gasteiger partial charge in [0.15, 0.2) is 0 Å². The van der Waals surface area contributed by atoms with Crippen molar-refractivity contribution in [1.29, 1.82) is 0 Å². The van der Waals surface area contributed by atoms with Gasteiger partial charge in [-0.3, -0.25) is 4.79 Å². The fourth-order valence-corrected chi connectivity index (χ4v) is 3.88. The molecule has 1 aliphatic carbocycles. The maximum Gasteiger partial charge on any atom is 0.241 e. The van der Waals surface area contributed by atoms with Gasteiger partial charge in [-0.2, -0.15) is 0 Å². The van der Waals surface area contributed by atoms with E-state index in [-0.39, 0.29) is 18.1 Å². The quantitative estimate of drug-likeness (QED) is 0.873. The van der Waals surface area contributed by atoms with Crippen molar-refractivity contribution in [3.05, 3.63) is 28.8 Å². The fourth-order valence-electron chi connectivity index (χ4n) is 3.64. The second kappa shape index (κ2) is 6.21. The summed E-state index contributed by atoms with van der Waals surface area (Å²) >= 11 is 6.19. The summed E-state index contributed by atoms with van der Waals surface area (Å²) in [5, 5.41) is 3.67. The lowest BCUT2D eigenvalue weighted by Gasteiger charge is -2.57. The Morgan fingerprint density at radius 3 is 2.92 bits per heavy atom. The number of carbonyl (C=O) groups excluding carboxylic acids is 1. The van der Waals surface area contributed by atoms with E-state index in [1.165, 1.54) is 0 Å². The van der Waals surface area contributed by atoms with Gasteiger partial charge >= 0.3 is 0 Å². The number of carbonyl (C=O) groups is 1. The number of fused-ring (bicyclic) bond motifs is 1. The number of amides is 1. The Kier molecular flexibility index (Phi) is 4.53. The zero-order chi connectivity index (χ0) is 17.5. The van der Waals surface area contributed by atoms with Gasteiger partial charge < -0.3 is 20.5 Å². The average Bonchev–Trinajstić information content (AvgIpc) is 2.55. The lowest BCUT2D eigenvalue weighted by molar-refractivity contribution is -0.171. The maximum atomic E-state index is 12.9. The molecule has 3 N–H and O–H groups in total. The van der Waals surface area contributed by atoms with Crippen molar-refractivity contribution in [3.8, 4) is 5.75 Å². The summed E-state index contributed by atoms with van der Waals surface area (Å²) in [5.41, 5.74) is 6.04. The van der Waals surface area contributed by atoms with Crippen LogP contribution in [0, 0.1) is 5.41 Å². The van der Waals surface area contributed by atoms with Crippen LogP contribution in [0.3, 0.4) is 0 Å². The van der Waals surface area contributed by atoms with Crippen LogP contribution in [-0.4, -0.2) is 30.8 Å². The highest BCUT2D eigenvalue weighted by Crippen LogP contribution is 2.50. The van der Waals surface area contributed by atoms with E-state index >= 15 is 0 Å². The first-order valence-electron chi connectivity index (χ1n) is 8.44. The molecule has 3 atom stereocenters. The van der Waals surface area contributed by atoms with E-state index in [0.29, 0.717) is 36.8 Å². The monoisotopic (exact) mass is 352 g/mol. The minimum absolute atomic E-state index is 0.00895. The van der Waals surface area contributed by atoms with Crippen LogP contribution in [0.4, 0.5) is 0 Å². The van der Waals surface area contributed by atoms with Crippen LogP contribution in [0.25, 0.3) is 0 Å². The molecule has 1 fully saturated rings. The maximum absolute atomic E-state index is 12.9. The molecular formula is C18H25ClN2O3. The third-order valence-corrected chi connectivity index (χ3v) is 5.86. The second-order valence-corrected chi connectivity index (χ2v) is 7.57. The summed E-state index contributed by atoms with van der Waals surface area (Å²) in [6.45, 7) is 7.08. The van der Waals surface area contributed by atoms with Gasteiger partial charge in [0.1, 0.15) is 11.3 Å². The summed E-state index contributed by atoms with van der Waals surface area (Å²) in [6.07, 6.45) is 1.24. The number of hydrogen-bond acceptors (Lipinski definition) is 4. The molecule has 0 radical (unpaired) electrons. The Hall–Kier alpha value is -1.30. The molecule has 1 amide bonds. The second-order valence-electron chi connectivity index (χ2n) is 7.16. The highest BCUT2D eigenvalue weighted by Gasteiger charge is 2.63. The molecule has 0 spiro atoms. The summed E-state index contributed by atoms with van der Waals surface area (Å²) in [7, 11) is 0. The summed E-state index contributed by atoms with van der Waals surface area (Å²) in [4.78, 5) is 12.9. The molecule has 0 bridgehead atoms. The van der Waals surface area contributed by atoms with Crippen molar-refractivity contribution in [2.45, 2.75) is 51.3 Å². The molecule has 1 saturated carbocycles. The van der Waals surface area contributed by atoms with Gasteiger partial charge in [0.05, 0.1) is 23.8 Å². The molecule has 6 heteroatoms. The van der Waals surface area contributed by atoms with E-state index in [9.17, 15) is 4.79 Å². The highest BCUT2D eigenvalue weighted by molar-refractivity contribution is 6.32. The Balaban J connectivity index is 1.76. The number of ether oxygens (including phenoxy) is 2. The molecule has 5 nitrogen and oxygen atoms in total. The van der Waals surface area contributed by atoms with Crippen LogP contribution in [0.15, 0.2) is 18.2 Å². The first-order chi connectivity index (χ1) is 11.3. The van der Waals surface area contributed by atoms with Crippen LogP contribution in [0.1, 0.15) is 45.2 Å². The lowest BCUT2D eigenvalue weighted by Crippen LogP contribution is -2.75. The standard InChI is InChI=1S/C18H25ClN2O3/c1-4-23-14-10-18(20,17(14,2)3)16(22)21-13-8-9-24-15-11(13)6-5-7-12(15)19/h5-7,13-14H,4,8-10,20H2,1-3H3,(H,21,22). The number of nitrogens with one attached hydrogen (secondary N) is 1. The van der Waals surface area contributed by atoms with Gasteiger partial charge in [-0.05, 0) is 13.0 Å². The van der Waals surface area contributed by atoms with Crippen molar-refractivity contribution >= 4 is 17.5 Å². The number of hydrogen-bond donors (Lipinski definition) is 2. The summed E-state index contributed by atoms with van der Waals surface area (Å²) < 4.78 is 11.4. The first kappa shape index (κ1) is 17.5. The smallest absolute Gasteiger partial charge is 0.241 e. The Labute approximate surface area is 147 Å². The lowest BCUT2D eigenvalue weighted by atomic mass is 9.54. The molecule has 3 rings (SSSR count). The van der Waals surface area contributed by atoms with Crippen LogP contribution in [0.2, 0.25) is 5.02 Å².